The van der Waals surface area contributed by atoms with Crippen molar-refractivity contribution < 1.29 is 19.1 Å². The Hall–Kier alpha value is -1.46. The van der Waals surface area contributed by atoms with E-state index in [9.17, 15) is 9.59 Å². The minimum Gasteiger partial charge on any atom is -0.494 e. The lowest BCUT2D eigenvalue weighted by molar-refractivity contribution is -0.143. The molecule has 0 radical (unpaired) electrons. The fourth-order valence-electron chi connectivity index (χ4n) is 1.96. The number of rotatable bonds is 6. The van der Waals surface area contributed by atoms with Gasteiger partial charge in [-0.3, -0.25) is 4.79 Å². The van der Waals surface area contributed by atoms with Gasteiger partial charge >= 0.3 is 5.97 Å². The standard InChI is InChI=1S/C15H19Cl2NO4/c1-8(2)5-12(15(20)22-4)18-14(19)9-6-10(16)13(21-3)11(17)7-9/h6-8,12H,5H2,1-4H3,(H,18,19). The minimum atomic E-state index is -0.725. The van der Waals surface area contributed by atoms with Crippen molar-refractivity contribution in [1.82, 2.24) is 5.32 Å². The van der Waals surface area contributed by atoms with Crippen LogP contribution in [0.25, 0.3) is 0 Å². The molecule has 0 saturated carbocycles. The van der Waals surface area contributed by atoms with Crippen LogP contribution in [-0.2, 0) is 9.53 Å². The Morgan fingerprint density at radius 2 is 1.73 bits per heavy atom. The summed E-state index contributed by atoms with van der Waals surface area (Å²) in [6.07, 6.45) is 0.468. The first kappa shape index (κ1) is 18.6. The molecule has 22 heavy (non-hydrogen) atoms. The maximum atomic E-state index is 12.3. The topological polar surface area (TPSA) is 64.6 Å². The van der Waals surface area contributed by atoms with Gasteiger partial charge in [-0.05, 0) is 24.5 Å². The van der Waals surface area contributed by atoms with Crippen LogP contribution in [0.2, 0.25) is 10.0 Å². The second kappa shape index (κ2) is 8.25. The molecule has 1 N–H and O–H groups in total. The molecule has 1 unspecified atom stereocenters. The van der Waals surface area contributed by atoms with Crippen molar-refractivity contribution in [3.63, 3.8) is 0 Å². The maximum absolute atomic E-state index is 12.3. The van der Waals surface area contributed by atoms with Crippen molar-refractivity contribution in [2.24, 2.45) is 5.92 Å². The van der Waals surface area contributed by atoms with E-state index in [1.54, 1.807) is 0 Å². The molecule has 1 rings (SSSR count). The zero-order valence-corrected chi connectivity index (χ0v) is 14.4. The third-order valence-electron chi connectivity index (χ3n) is 2.96. The number of esters is 1. The van der Waals surface area contributed by atoms with Crippen LogP contribution in [0.5, 0.6) is 5.75 Å². The first-order valence-electron chi connectivity index (χ1n) is 6.71. The van der Waals surface area contributed by atoms with Crippen molar-refractivity contribution in [3.05, 3.63) is 27.7 Å². The Kier molecular flexibility index (Phi) is 6.97. The molecule has 5 nitrogen and oxygen atoms in total. The monoisotopic (exact) mass is 347 g/mol. The van der Waals surface area contributed by atoms with Gasteiger partial charge in [0.15, 0.2) is 5.75 Å². The molecule has 0 saturated heterocycles. The van der Waals surface area contributed by atoms with Crippen LogP contribution in [0.1, 0.15) is 30.6 Å². The average molecular weight is 348 g/mol. The predicted molar refractivity (Wildman–Crippen MR) is 85.7 cm³/mol. The summed E-state index contributed by atoms with van der Waals surface area (Å²) in [6, 6.07) is 2.15. The van der Waals surface area contributed by atoms with E-state index in [4.69, 9.17) is 32.7 Å². The molecular formula is C15H19Cl2NO4. The van der Waals surface area contributed by atoms with Gasteiger partial charge in [-0.2, -0.15) is 0 Å². The maximum Gasteiger partial charge on any atom is 0.328 e. The van der Waals surface area contributed by atoms with Crippen LogP contribution in [0, 0.1) is 5.92 Å². The summed E-state index contributed by atoms with van der Waals surface area (Å²) in [5, 5.41) is 3.08. The van der Waals surface area contributed by atoms with E-state index in [0.717, 1.165) is 0 Å². The van der Waals surface area contributed by atoms with E-state index in [1.165, 1.54) is 26.4 Å². The lowest BCUT2D eigenvalue weighted by atomic mass is 10.0. The number of hydrogen-bond donors (Lipinski definition) is 1. The van der Waals surface area contributed by atoms with Gasteiger partial charge in [0.25, 0.3) is 5.91 Å². The van der Waals surface area contributed by atoms with Crippen molar-refractivity contribution >= 4 is 35.1 Å². The molecule has 0 spiro atoms. The highest BCUT2D eigenvalue weighted by molar-refractivity contribution is 6.37. The van der Waals surface area contributed by atoms with Crippen LogP contribution in [0.4, 0.5) is 0 Å². The lowest BCUT2D eigenvalue weighted by Crippen LogP contribution is -2.42. The second-order valence-corrected chi connectivity index (χ2v) is 5.97. The van der Waals surface area contributed by atoms with Gasteiger partial charge in [-0.1, -0.05) is 37.0 Å². The van der Waals surface area contributed by atoms with Crippen molar-refractivity contribution in [2.75, 3.05) is 14.2 Å². The fourth-order valence-corrected chi connectivity index (χ4v) is 2.60. The molecule has 122 valence electrons. The molecule has 1 aromatic rings. The van der Waals surface area contributed by atoms with Crippen LogP contribution in [0.3, 0.4) is 0 Å². The molecule has 1 atom stereocenters. The number of carbonyl (C=O) groups excluding carboxylic acids is 2. The molecule has 1 amide bonds. The van der Waals surface area contributed by atoms with Gasteiger partial charge in [0.05, 0.1) is 24.3 Å². The van der Waals surface area contributed by atoms with Crippen LogP contribution < -0.4 is 10.1 Å². The molecule has 0 aliphatic rings. The molecule has 0 fully saturated rings. The zero-order chi connectivity index (χ0) is 16.9. The molecule has 7 heteroatoms. The van der Waals surface area contributed by atoms with E-state index in [0.29, 0.717) is 12.2 Å². The lowest BCUT2D eigenvalue weighted by Gasteiger charge is -2.18. The summed E-state index contributed by atoms with van der Waals surface area (Å²) in [5.74, 6) is -0.436. The second-order valence-electron chi connectivity index (χ2n) is 5.15. The first-order chi connectivity index (χ1) is 10.3. The highest BCUT2D eigenvalue weighted by Crippen LogP contribution is 2.33. The van der Waals surface area contributed by atoms with Crippen molar-refractivity contribution in [2.45, 2.75) is 26.3 Å². The first-order valence-corrected chi connectivity index (χ1v) is 7.47. The molecule has 0 aliphatic carbocycles. The summed E-state index contributed by atoms with van der Waals surface area (Å²) in [5.41, 5.74) is 0.244. The van der Waals surface area contributed by atoms with E-state index in [-0.39, 0.29) is 21.5 Å². The largest absolute Gasteiger partial charge is 0.494 e. The number of halogens is 2. The Balaban J connectivity index is 2.97. The Morgan fingerprint density at radius 3 is 2.14 bits per heavy atom. The highest BCUT2D eigenvalue weighted by atomic mass is 35.5. The Bertz CT molecular complexity index is 537. The molecule has 1 aromatic carbocycles. The number of hydrogen-bond acceptors (Lipinski definition) is 4. The zero-order valence-electron chi connectivity index (χ0n) is 12.9. The van der Waals surface area contributed by atoms with E-state index < -0.39 is 17.9 Å². The van der Waals surface area contributed by atoms with Gasteiger partial charge in [0.1, 0.15) is 6.04 Å². The Labute approximate surface area is 139 Å². The SMILES string of the molecule is COC(=O)C(CC(C)C)NC(=O)c1cc(Cl)c(OC)c(Cl)c1. The smallest absolute Gasteiger partial charge is 0.328 e. The minimum absolute atomic E-state index is 0.215. The quantitative estimate of drug-likeness (QED) is 0.801. The van der Waals surface area contributed by atoms with Gasteiger partial charge in [-0.25, -0.2) is 4.79 Å². The summed E-state index contributed by atoms with van der Waals surface area (Å²) < 4.78 is 9.74. The van der Waals surface area contributed by atoms with Gasteiger partial charge in [-0.15, -0.1) is 0 Å². The summed E-state index contributed by atoms with van der Waals surface area (Å²) in [4.78, 5) is 24.0. The number of ether oxygens (including phenoxy) is 2. The van der Waals surface area contributed by atoms with Crippen molar-refractivity contribution in [1.29, 1.82) is 0 Å². The van der Waals surface area contributed by atoms with E-state index in [2.05, 4.69) is 5.32 Å². The van der Waals surface area contributed by atoms with Crippen molar-refractivity contribution in [3.8, 4) is 5.75 Å². The molecule has 0 heterocycles. The summed E-state index contributed by atoms with van der Waals surface area (Å²) in [7, 11) is 2.71. The number of methoxy groups -OCH3 is 2. The average Bonchev–Trinajstić information content (AvgIpc) is 2.44. The predicted octanol–water partition coefficient (Wildman–Crippen LogP) is 3.32. The number of carbonyl (C=O) groups is 2. The number of amides is 1. The summed E-state index contributed by atoms with van der Waals surface area (Å²) >= 11 is 12.0. The number of benzene rings is 1. The van der Waals surface area contributed by atoms with Crippen LogP contribution >= 0.6 is 23.2 Å². The molecule has 0 bridgehead atoms. The normalized spacial score (nSPS) is 12.0. The Morgan fingerprint density at radius 1 is 1.18 bits per heavy atom. The van der Waals surface area contributed by atoms with Gasteiger partial charge < -0.3 is 14.8 Å². The highest BCUT2D eigenvalue weighted by Gasteiger charge is 2.24. The van der Waals surface area contributed by atoms with Crippen LogP contribution in [0.15, 0.2) is 12.1 Å². The number of nitrogens with one attached hydrogen (secondary N) is 1. The van der Waals surface area contributed by atoms with Gasteiger partial charge in [0.2, 0.25) is 0 Å². The van der Waals surface area contributed by atoms with E-state index >= 15 is 0 Å². The van der Waals surface area contributed by atoms with Crippen LogP contribution in [-0.4, -0.2) is 32.1 Å². The third kappa shape index (κ3) is 4.78. The van der Waals surface area contributed by atoms with E-state index in [1.807, 2.05) is 13.8 Å². The third-order valence-corrected chi connectivity index (χ3v) is 3.52. The summed E-state index contributed by atoms with van der Waals surface area (Å²) in [6.45, 7) is 3.90. The molecular weight excluding hydrogens is 329 g/mol. The molecule has 0 aromatic heterocycles. The fraction of sp³-hybridized carbons (Fsp3) is 0.467. The van der Waals surface area contributed by atoms with Gasteiger partial charge in [0, 0.05) is 5.56 Å². The molecule has 0 aliphatic heterocycles.